The Kier molecular flexibility index (Phi) is 7.37. The van der Waals surface area contributed by atoms with Crippen LogP contribution in [0.15, 0.2) is 0 Å². The standard InChI is InChI=1S/C13H25NO2S2/c1-12(2,3)10(15)7-8-17-18-9-14-11(16)13(4,5)6/h7-9H2,1-6H3,(H,14,16). The van der Waals surface area contributed by atoms with E-state index in [0.29, 0.717) is 12.3 Å². The summed E-state index contributed by atoms with van der Waals surface area (Å²) in [5.41, 5.74) is -0.584. The molecule has 0 aromatic heterocycles. The lowest BCUT2D eigenvalue weighted by atomic mass is 9.89. The molecule has 0 aromatic carbocycles. The first-order valence-electron chi connectivity index (χ1n) is 6.11. The third-order valence-corrected chi connectivity index (χ3v) is 4.46. The zero-order chi connectivity index (χ0) is 14.4. The smallest absolute Gasteiger partial charge is 0.226 e. The molecule has 0 heterocycles. The zero-order valence-corrected chi connectivity index (χ0v) is 13.9. The van der Waals surface area contributed by atoms with E-state index in [4.69, 9.17) is 0 Å². The largest absolute Gasteiger partial charge is 0.346 e. The van der Waals surface area contributed by atoms with Gasteiger partial charge in [0.25, 0.3) is 0 Å². The molecule has 1 amide bonds. The maximum Gasteiger partial charge on any atom is 0.226 e. The summed E-state index contributed by atoms with van der Waals surface area (Å²) in [5, 5.41) is 2.86. The topological polar surface area (TPSA) is 46.2 Å². The molecular weight excluding hydrogens is 266 g/mol. The minimum atomic E-state index is -0.340. The molecule has 0 unspecified atom stereocenters. The molecule has 106 valence electrons. The van der Waals surface area contributed by atoms with Crippen molar-refractivity contribution in [3.63, 3.8) is 0 Å². The quantitative estimate of drug-likeness (QED) is 0.462. The fourth-order valence-electron chi connectivity index (χ4n) is 0.970. The first kappa shape index (κ1) is 17.8. The highest BCUT2D eigenvalue weighted by Crippen LogP contribution is 2.24. The summed E-state index contributed by atoms with van der Waals surface area (Å²) < 4.78 is 0. The normalized spacial score (nSPS) is 12.3. The molecule has 1 N–H and O–H groups in total. The summed E-state index contributed by atoms with van der Waals surface area (Å²) in [7, 11) is 3.21. The van der Waals surface area contributed by atoms with Crippen molar-refractivity contribution in [3.05, 3.63) is 0 Å². The predicted molar refractivity (Wildman–Crippen MR) is 81.6 cm³/mol. The first-order chi connectivity index (χ1) is 8.05. The third-order valence-electron chi connectivity index (χ3n) is 2.31. The van der Waals surface area contributed by atoms with Crippen molar-refractivity contribution in [3.8, 4) is 0 Å². The molecule has 0 bridgehead atoms. The van der Waals surface area contributed by atoms with E-state index in [1.807, 2.05) is 41.5 Å². The van der Waals surface area contributed by atoms with Crippen molar-refractivity contribution < 1.29 is 9.59 Å². The molecule has 0 aliphatic rings. The number of hydrogen-bond donors (Lipinski definition) is 1. The summed E-state index contributed by atoms with van der Waals surface area (Å²) in [4.78, 5) is 23.2. The van der Waals surface area contributed by atoms with Crippen LogP contribution in [0.25, 0.3) is 0 Å². The molecule has 0 aliphatic carbocycles. The van der Waals surface area contributed by atoms with E-state index in [1.54, 1.807) is 21.6 Å². The fourth-order valence-corrected chi connectivity index (χ4v) is 2.66. The summed E-state index contributed by atoms with van der Waals surface area (Å²) in [6.45, 7) is 11.5. The lowest BCUT2D eigenvalue weighted by Crippen LogP contribution is -2.34. The van der Waals surface area contributed by atoms with Crippen LogP contribution < -0.4 is 5.32 Å². The van der Waals surface area contributed by atoms with Gasteiger partial charge in [0.1, 0.15) is 5.78 Å². The van der Waals surface area contributed by atoms with Crippen molar-refractivity contribution in [1.29, 1.82) is 0 Å². The molecule has 3 nitrogen and oxygen atoms in total. The number of rotatable bonds is 6. The molecule has 0 spiro atoms. The van der Waals surface area contributed by atoms with Crippen LogP contribution in [0, 0.1) is 10.8 Å². The Hall–Kier alpha value is -0.160. The number of hydrogen-bond acceptors (Lipinski definition) is 4. The Morgan fingerprint density at radius 1 is 0.944 bits per heavy atom. The van der Waals surface area contributed by atoms with E-state index in [1.165, 1.54) is 0 Å². The van der Waals surface area contributed by atoms with Gasteiger partial charge in [0.2, 0.25) is 5.91 Å². The molecule has 0 fully saturated rings. The lowest BCUT2D eigenvalue weighted by molar-refractivity contribution is -0.128. The molecular formula is C13H25NO2S2. The van der Waals surface area contributed by atoms with Gasteiger partial charge in [-0.3, -0.25) is 9.59 Å². The fraction of sp³-hybridized carbons (Fsp3) is 0.846. The number of carbonyl (C=O) groups is 2. The second-order valence-corrected chi connectivity index (χ2v) is 8.85. The number of amides is 1. The number of ketones is 1. The minimum absolute atomic E-state index is 0.0568. The van der Waals surface area contributed by atoms with E-state index < -0.39 is 0 Å². The average molecular weight is 291 g/mol. The van der Waals surface area contributed by atoms with Crippen molar-refractivity contribution >= 4 is 33.3 Å². The van der Waals surface area contributed by atoms with Crippen LogP contribution in [0.4, 0.5) is 0 Å². The molecule has 0 aromatic rings. The Labute approximate surface area is 119 Å². The number of carbonyl (C=O) groups excluding carboxylic acids is 2. The number of Topliss-reactive ketones (excluding diaryl/α,β-unsaturated/α-hetero) is 1. The Balaban J connectivity index is 3.60. The van der Waals surface area contributed by atoms with Gasteiger partial charge in [0, 0.05) is 23.0 Å². The first-order valence-corrected chi connectivity index (χ1v) is 8.60. The van der Waals surface area contributed by atoms with Crippen LogP contribution in [0.5, 0.6) is 0 Å². The molecule has 18 heavy (non-hydrogen) atoms. The van der Waals surface area contributed by atoms with E-state index in [0.717, 1.165) is 5.75 Å². The van der Waals surface area contributed by atoms with Crippen molar-refractivity contribution in [2.75, 3.05) is 11.6 Å². The summed E-state index contributed by atoms with van der Waals surface area (Å²) in [5.74, 6) is 1.73. The van der Waals surface area contributed by atoms with Crippen molar-refractivity contribution in [2.24, 2.45) is 10.8 Å². The van der Waals surface area contributed by atoms with Gasteiger partial charge in [-0.2, -0.15) is 0 Å². The van der Waals surface area contributed by atoms with Gasteiger partial charge in [-0.1, -0.05) is 63.1 Å². The van der Waals surface area contributed by atoms with Gasteiger partial charge < -0.3 is 5.32 Å². The van der Waals surface area contributed by atoms with Gasteiger partial charge in [0.15, 0.2) is 0 Å². The summed E-state index contributed by atoms with van der Waals surface area (Å²) in [6, 6.07) is 0. The summed E-state index contributed by atoms with van der Waals surface area (Å²) in [6.07, 6.45) is 0.592. The molecule has 0 radical (unpaired) electrons. The van der Waals surface area contributed by atoms with Crippen molar-refractivity contribution in [1.82, 2.24) is 5.32 Å². The summed E-state index contributed by atoms with van der Waals surface area (Å²) >= 11 is 0. The minimum Gasteiger partial charge on any atom is -0.346 e. The van der Waals surface area contributed by atoms with Crippen LogP contribution in [0.3, 0.4) is 0 Å². The van der Waals surface area contributed by atoms with E-state index in [-0.39, 0.29) is 22.5 Å². The Morgan fingerprint density at radius 2 is 1.50 bits per heavy atom. The molecule has 5 heteroatoms. The molecule has 0 atom stereocenters. The predicted octanol–water partition coefficient (Wildman–Crippen LogP) is 3.49. The average Bonchev–Trinajstić information content (AvgIpc) is 2.19. The third kappa shape index (κ3) is 8.03. The second kappa shape index (κ2) is 7.43. The van der Waals surface area contributed by atoms with Crippen LogP contribution in [-0.4, -0.2) is 23.3 Å². The highest BCUT2D eigenvalue weighted by Gasteiger charge is 2.21. The highest BCUT2D eigenvalue weighted by atomic mass is 33.1. The molecule has 0 saturated heterocycles. The zero-order valence-electron chi connectivity index (χ0n) is 12.3. The maximum atomic E-state index is 11.6. The van der Waals surface area contributed by atoms with Gasteiger partial charge in [-0.15, -0.1) is 0 Å². The van der Waals surface area contributed by atoms with Crippen LogP contribution >= 0.6 is 21.6 Å². The Bertz CT molecular complexity index is 260. The van der Waals surface area contributed by atoms with E-state index in [2.05, 4.69) is 5.32 Å². The van der Waals surface area contributed by atoms with Crippen LogP contribution in [0.2, 0.25) is 0 Å². The van der Waals surface area contributed by atoms with E-state index >= 15 is 0 Å². The Morgan fingerprint density at radius 3 is 1.94 bits per heavy atom. The molecule has 0 aliphatic heterocycles. The maximum absolute atomic E-state index is 11.6. The highest BCUT2D eigenvalue weighted by molar-refractivity contribution is 8.76. The molecule has 0 saturated carbocycles. The van der Waals surface area contributed by atoms with E-state index in [9.17, 15) is 9.59 Å². The number of nitrogens with one attached hydrogen (secondary N) is 1. The molecule has 0 rings (SSSR count). The van der Waals surface area contributed by atoms with Gasteiger partial charge >= 0.3 is 0 Å². The SMILES string of the molecule is CC(C)(C)C(=O)CCSSCNC(=O)C(C)(C)C. The second-order valence-electron chi connectivity index (χ2n) is 6.26. The lowest BCUT2D eigenvalue weighted by Gasteiger charge is -2.17. The van der Waals surface area contributed by atoms with Gasteiger partial charge in [0.05, 0.1) is 5.88 Å². The van der Waals surface area contributed by atoms with Crippen molar-refractivity contribution in [2.45, 2.75) is 48.0 Å². The van der Waals surface area contributed by atoms with Gasteiger partial charge in [-0.25, -0.2) is 0 Å². The monoisotopic (exact) mass is 291 g/mol. The van der Waals surface area contributed by atoms with Crippen LogP contribution in [0.1, 0.15) is 48.0 Å². The van der Waals surface area contributed by atoms with Crippen LogP contribution in [-0.2, 0) is 9.59 Å². The van der Waals surface area contributed by atoms with Gasteiger partial charge in [-0.05, 0) is 0 Å².